The van der Waals surface area contributed by atoms with Crippen molar-refractivity contribution in [1.29, 1.82) is 0 Å². The first kappa shape index (κ1) is 12.1. The summed E-state index contributed by atoms with van der Waals surface area (Å²) in [5.41, 5.74) is 0. The van der Waals surface area contributed by atoms with Crippen molar-refractivity contribution >= 4 is 5.97 Å². The SMILES string of the molecule is CC(=O)OCC(C)C.CO. The Balaban J connectivity index is 0. The smallest absolute Gasteiger partial charge is 0.302 e. The molecular formula is C7H16O3. The molecule has 0 amide bonds. The van der Waals surface area contributed by atoms with Crippen LogP contribution in [0.4, 0.5) is 0 Å². The molecule has 0 unspecified atom stereocenters. The van der Waals surface area contributed by atoms with Gasteiger partial charge >= 0.3 is 5.97 Å². The van der Waals surface area contributed by atoms with Crippen LogP contribution in [0, 0.1) is 5.92 Å². The molecule has 0 aliphatic rings. The van der Waals surface area contributed by atoms with Gasteiger partial charge in [0.25, 0.3) is 0 Å². The lowest BCUT2D eigenvalue weighted by Crippen LogP contribution is -2.05. The molecule has 0 aliphatic carbocycles. The quantitative estimate of drug-likeness (QED) is 0.589. The second-order valence-electron chi connectivity index (χ2n) is 2.20. The van der Waals surface area contributed by atoms with E-state index in [0.29, 0.717) is 12.5 Å². The molecule has 62 valence electrons. The van der Waals surface area contributed by atoms with E-state index in [4.69, 9.17) is 5.11 Å². The van der Waals surface area contributed by atoms with Gasteiger partial charge in [0, 0.05) is 14.0 Å². The topological polar surface area (TPSA) is 46.5 Å². The molecule has 0 bridgehead atoms. The number of esters is 1. The summed E-state index contributed by atoms with van der Waals surface area (Å²) in [4.78, 5) is 10.1. The van der Waals surface area contributed by atoms with Crippen molar-refractivity contribution in [1.82, 2.24) is 0 Å². The highest BCUT2D eigenvalue weighted by atomic mass is 16.5. The summed E-state index contributed by atoms with van der Waals surface area (Å²) in [6.45, 7) is 5.96. The van der Waals surface area contributed by atoms with E-state index < -0.39 is 0 Å². The molecule has 0 aromatic rings. The summed E-state index contributed by atoms with van der Waals surface area (Å²) in [6.07, 6.45) is 0. The normalized spacial score (nSPS) is 8.20. The minimum Gasteiger partial charge on any atom is -0.466 e. The number of rotatable bonds is 2. The molecular weight excluding hydrogens is 132 g/mol. The molecule has 10 heavy (non-hydrogen) atoms. The first-order valence-electron chi connectivity index (χ1n) is 3.21. The summed E-state index contributed by atoms with van der Waals surface area (Å²) >= 11 is 0. The van der Waals surface area contributed by atoms with Crippen LogP contribution in [0.25, 0.3) is 0 Å². The number of ether oxygens (including phenoxy) is 1. The van der Waals surface area contributed by atoms with Crippen LogP contribution in [-0.4, -0.2) is 24.8 Å². The largest absolute Gasteiger partial charge is 0.466 e. The molecule has 0 atom stereocenters. The molecule has 0 saturated heterocycles. The summed E-state index contributed by atoms with van der Waals surface area (Å²) in [5.74, 6) is 0.248. The fraction of sp³-hybridized carbons (Fsp3) is 0.857. The van der Waals surface area contributed by atoms with Crippen molar-refractivity contribution in [2.75, 3.05) is 13.7 Å². The first-order valence-corrected chi connectivity index (χ1v) is 3.21. The van der Waals surface area contributed by atoms with E-state index in [1.165, 1.54) is 6.92 Å². The maximum atomic E-state index is 10.1. The maximum absolute atomic E-state index is 10.1. The van der Waals surface area contributed by atoms with Crippen molar-refractivity contribution < 1.29 is 14.6 Å². The van der Waals surface area contributed by atoms with Crippen molar-refractivity contribution in [2.45, 2.75) is 20.8 Å². The molecule has 0 saturated carbocycles. The highest BCUT2D eigenvalue weighted by Crippen LogP contribution is 1.91. The van der Waals surface area contributed by atoms with E-state index in [1.54, 1.807) is 0 Å². The van der Waals surface area contributed by atoms with Crippen LogP contribution in [0.2, 0.25) is 0 Å². The molecule has 0 fully saturated rings. The van der Waals surface area contributed by atoms with Crippen molar-refractivity contribution in [3.63, 3.8) is 0 Å². The monoisotopic (exact) mass is 148 g/mol. The fourth-order valence-electron chi connectivity index (χ4n) is 0.284. The maximum Gasteiger partial charge on any atom is 0.302 e. The van der Waals surface area contributed by atoms with Crippen LogP contribution in [0.3, 0.4) is 0 Å². The van der Waals surface area contributed by atoms with Crippen LogP contribution >= 0.6 is 0 Å². The number of aliphatic hydroxyl groups excluding tert-OH is 1. The van der Waals surface area contributed by atoms with Crippen LogP contribution in [-0.2, 0) is 9.53 Å². The number of carbonyl (C=O) groups excluding carboxylic acids is 1. The number of hydrogen-bond donors (Lipinski definition) is 1. The summed E-state index contributed by atoms with van der Waals surface area (Å²) in [7, 11) is 1.00. The zero-order valence-corrected chi connectivity index (χ0v) is 7.05. The lowest BCUT2D eigenvalue weighted by atomic mass is 10.2. The molecule has 0 heterocycles. The standard InChI is InChI=1S/C6H12O2.CH4O/c1-5(2)4-8-6(3)7;1-2/h5H,4H2,1-3H3;2H,1H3. The summed E-state index contributed by atoms with van der Waals surface area (Å²) in [6, 6.07) is 0. The Hall–Kier alpha value is -0.570. The van der Waals surface area contributed by atoms with E-state index in [2.05, 4.69) is 4.74 Å². The van der Waals surface area contributed by atoms with Crippen LogP contribution in [0.5, 0.6) is 0 Å². The molecule has 0 aliphatic heterocycles. The van der Waals surface area contributed by atoms with Gasteiger partial charge in [-0.25, -0.2) is 0 Å². The van der Waals surface area contributed by atoms with Gasteiger partial charge in [-0.1, -0.05) is 13.8 Å². The highest BCUT2D eigenvalue weighted by molar-refractivity contribution is 5.65. The minimum atomic E-state index is -0.196. The van der Waals surface area contributed by atoms with E-state index in [-0.39, 0.29) is 5.97 Å². The van der Waals surface area contributed by atoms with Gasteiger partial charge in [0.2, 0.25) is 0 Å². The van der Waals surface area contributed by atoms with Crippen molar-refractivity contribution in [3.8, 4) is 0 Å². The zero-order chi connectivity index (χ0) is 8.57. The average molecular weight is 148 g/mol. The van der Waals surface area contributed by atoms with E-state index in [9.17, 15) is 4.79 Å². The minimum absolute atomic E-state index is 0.196. The Bertz CT molecular complexity index is 78.9. The number of carbonyl (C=O) groups is 1. The van der Waals surface area contributed by atoms with Crippen molar-refractivity contribution in [2.24, 2.45) is 5.92 Å². The molecule has 3 heteroatoms. The van der Waals surface area contributed by atoms with Crippen LogP contribution < -0.4 is 0 Å². The third-order valence-electron chi connectivity index (χ3n) is 0.620. The number of hydrogen-bond acceptors (Lipinski definition) is 3. The van der Waals surface area contributed by atoms with Gasteiger partial charge in [0.15, 0.2) is 0 Å². The van der Waals surface area contributed by atoms with Gasteiger partial charge < -0.3 is 9.84 Å². The Morgan fingerprint density at radius 3 is 2.00 bits per heavy atom. The van der Waals surface area contributed by atoms with E-state index in [0.717, 1.165) is 7.11 Å². The Morgan fingerprint density at radius 2 is 1.90 bits per heavy atom. The molecule has 1 N–H and O–H groups in total. The predicted octanol–water partition coefficient (Wildman–Crippen LogP) is 0.814. The zero-order valence-electron chi connectivity index (χ0n) is 7.05. The third-order valence-corrected chi connectivity index (χ3v) is 0.620. The number of aliphatic hydroxyl groups is 1. The third kappa shape index (κ3) is 15.7. The molecule has 0 radical (unpaired) electrons. The summed E-state index contributed by atoms with van der Waals surface area (Å²) < 4.78 is 4.66. The Kier molecular flexibility index (Phi) is 10.2. The van der Waals surface area contributed by atoms with E-state index >= 15 is 0 Å². The summed E-state index contributed by atoms with van der Waals surface area (Å²) in [5, 5.41) is 7.00. The average Bonchev–Trinajstić information content (AvgIpc) is 1.89. The molecule has 0 aromatic heterocycles. The molecule has 0 spiro atoms. The molecule has 0 rings (SSSR count). The first-order chi connectivity index (χ1) is 4.63. The predicted molar refractivity (Wildman–Crippen MR) is 39.6 cm³/mol. The Labute approximate surface area is 62.0 Å². The van der Waals surface area contributed by atoms with Crippen LogP contribution in [0.15, 0.2) is 0 Å². The van der Waals surface area contributed by atoms with Gasteiger partial charge in [-0.15, -0.1) is 0 Å². The lowest BCUT2D eigenvalue weighted by Gasteiger charge is -2.02. The molecule has 0 aromatic carbocycles. The van der Waals surface area contributed by atoms with E-state index in [1.807, 2.05) is 13.8 Å². The van der Waals surface area contributed by atoms with Gasteiger partial charge in [-0.3, -0.25) is 4.79 Å². The fourth-order valence-corrected chi connectivity index (χ4v) is 0.284. The van der Waals surface area contributed by atoms with Gasteiger partial charge in [0.1, 0.15) is 0 Å². The van der Waals surface area contributed by atoms with Gasteiger partial charge in [-0.05, 0) is 5.92 Å². The van der Waals surface area contributed by atoms with Crippen molar-refractivity contribution in [3.05, 3.63) is 0 Å². The Morgan fingerprint density at radius 1 is 1.50 bits per heavy atom. The second-order valence-corrected chi connectivity index (χ2v) is 2.20. The second kappa shape index (κ2) is 8.43. The van der Waals surface area contributed by atoms with Gasteiger partial charge in [0.05, 0.1) is 6.61 Å². The lowest BCUT2D eigenvalue weighted by molar-refractivity contribution is -0.141. The van der Waals surface area contributed by atoms with Gasteiger partial charge in [-0.2, -0.15) is 0 Å². The highest BCUT2D eigenvalue weighted by Gasteiger charge is 1.94. The molecule has 3 nitrogen and oxygen atoms in total. The van der Waals surface area contributed by atoms with Crippen LogP contribution in [0.1, 0.15) is 20.8 Å².